The van der Waals surface area contributed by atoms with Crippen molar-refractivity contribution in [1.82, 2.24) is 5.32 Å². The first-order valence-corrected chi connectivity index (χ1v) is 8.18. The number of amides is 1. The van der Waals surface area contributed by atoms with E-state index < -0.39 is 48.4 Å². The zero-order chi connectivity index (χ0) is 19.9. The molecular formula is C17H25NO8. The summed E-state index contributed by atoms with van der Waals surface area (Å²) in [5.74, 6) is -2.15. The molecule has 1 aliphatic rings. The van der Waals surface area contributed by atoms with Gasteiger partial charge in [-0.25, -0.2) is 0 Å². The van der Waals surface area contributed by atoms with E-state index in [1.54, 1.807) is 19.1 Å². The van der Waals surface area contributed by atoms with Crippen molar-refractivity contribution in [3.8, 4) is 0 Å². The molecule has 0 bridgehead atoms. The molecule has 0 unspecified atom stereocenters. The van der Waals surface area contributed by atoms with Crippen LogP contribution in [0.3, 0.4) is 0 Å². The summed E-state index contributed by atoms with van der Waals surface area (Å²) in [6.45, 7) is 6.50. The van der Waals surface area contributed by atoms with Crippen LogP contribution in [0.4, 0.5) is 0 Å². The second-order valence-electron chi connectivity index (χ2n) is 5.84. The van der Waals surface area contributed by atoms with Gasteiger partial charge in [-0.1, -0.05) is 12.2 Å². The molecule has 0 aromatic rings. The van der Waals surface area contributed by atoms with Gasteiger partial charge in [-0.15, -0.1) is 0 Å². The quantitative estimate of drug-likeness (QED) is 0.401. The number of carbonyl (C=O) groups is 4. The smallest absolute Gasteiger partial charge is 0.303 e. The molecular weight excluding hydrogens is 346 g/mol. The molecule has 0 aliphatic carbocycles. The highest BCUT2D eigenvalue weighted by Gasteiger charge is 2.49. The molecule has 1 aliphatic heterocycles. The summed E-state index contributed by atoms with van der Waals surface area (Å²) in [5, 5.41) is 2.67. The third-order valence-corrected chi connectivity index (χ3v) is 3.54. The molecule has 1 heterocycles. The van der Waals surface area contributed by atoms with Crippen LogP contribution in [0.25, 0.3) is 0 Å². The molecule has 1 saturated heterocycles. The van der Waals surface area contributed by atoms with Crippen LogP contribution >= 0.6 is 0 Å². The van der Waals surface area contributed by atoms with E-state index in [0.29, 0.717) is 0 Å². The van der Waals surface area contributed by atoms with Crippen molar-refractivity contribution in [3.05, 3.63) is 12.2 Å². The maximum Gasteiger partial charge on any atom is 0.303 e. The van der Waals surface area contributed by atoms with Crippen molar-refractivity contribution in [2.24, 2.45) is 0 Å². The number of nitrogens with one attached hydrogen (secondary N) is 1. The highest BCUT2D eigenvalue weighted by molar-refractivity contribution is 5.74. The first-order chi connectivity index (χ1) is 12.1. The van der Waals surface area contributed by atoms with Gasteiger partial charge in [0.05, 0.1) is 6.04 Å². The van der Waals surface area contributed by atoms with Gasteiger partial charge in [0.2, 0.25) is 5.91 Å². The maximum atomic E-state index is 11.6. The molecule has 1 amide bonds. The second kappa shape index (κ2) is 9.91. The van der Waals surface area contributed by atoms with E-state index in [0.717, 1.165) is 0 Å². The largest absolute Gasteiger partial charge is 0.463 e. The Balaban J connectivity index is 3.26. The number of carbonyl (C=O) groups excluding carboxylic acids is 4. The number of allylic oxidation sites excluding steroid dienone is 1. The standard InChI is InChI=1S/C17H25NO8/c1-6-7-13-15(18-9(2)19)17(25-12(5)22)16(24-11(4)21)14(26-13)8-23-10(3)20/h6-7,13-17H,8H2,1-5H3,(H,18,19)/b7-6+/t13-,14-,15+,16-,17-/m1/s1. The van der Waals surface area contributed by atoms with Crippen LogP contribution in [0.2, 0.25) is 0 Å². The van der Waals surface area contributed by atoms with Crippen molar-refractivity contribution in [2.45, 2.75) is 65.1 Å². The van der Waals surface area contributed by atoms with Gasteiger partial charge < -0.3 is 24.3 Å². The third-order valence-electron chi connectivity index (χ3n) is 3.54. The Bertz CT molecular complexity index is 573. The van der Waals surface area contributed by atoms with Gasteiger partial charge in [-0.05, 0) is 6.92 Å². The Morgan fingerprint density at radius 3 is 2.00 bits per heavy atom. The molecule has 1 fully saturated rings. The molecule has 0 radical (unpaired) electrons. The van der Waals surface area contributed by atoms with Gasteiger partial charge in [0, 0.05) is 27.7 Å². The minimum atomic E-state index is -1.06. The topological polar surface area (TPSA) is 117 Å². The number of esters is 3. The van der Waals surface area contributed by atoms with Crippen molar-refractivity contribution in [1.29, 1.82) is 0 Å². The molecule has 1 N–H and O–H groups in total. The lowest BCUT2D eigenvalue weighted by molar-refractivity contribution is -0.217. The maximum absolute atomic E-state index is 11.6. The van der Waals surface area contributed by atoms with Gasteiger partial charge in [-0.3, -0.25) is 19.2 Å². The summed E-state index contributed by atoms with van der Waals surface area (Å²) in [7, 11) is 0. The number of hydrogen-bond acceptors (Lipinski definition) is 8. The van der Waals surface area contributed by atoms with Gasteiger partial charge >= 0.3 is 17.9 Å². The normalized spacial score (nSPS) is 28.3. The molecule has 0 aromatic heterocycles. The summed E-state index contributed by atoms with van der Waals surface area (Å²) in [5.41, 5.74) is 0. The molecule has 1 rings (SSSR count). The van der Waals surface area contributed by atoms with Crippen LogP contribution in [0.5, 0.6) is 0 Å². The SMILES string of the molecule is C/C=C/[C@H]1O[C@H](COC(C)=O)[C@@H](OC(C)=O)[C@H](OC(C)=O)[C@H]1NC(C)=O. The predicted octanol–water partition coefficient (Wildman–Crippen LogP) is 0.261. The molecule has 9 heteroatoms. The fourth-order valence-corrected chi connectivity index (χ4v) is 2.72. The highest BCUT2D eigenvalue weighted by Crippen LogP contribution is 2.27. The monoisotopic (exact) mass is 371 g/mol. The Morgan fingerprint density at radius 1 is 0.962 bits per heavy atom. The van der Waals surface area contributed by atoms with Gasteiger partial charge in [0.1, 0.15) is 18.8 Å². The fraction of sp³-hybridized carbons (Fsp3) is 0.647. The molecule has 9 nitrogen and oxygen atoms in total. The van der Waals surface area contributed by atoms with Crippen LogP contribution in [0.1, 0.15) is 34.6 Å². The fourth-order valence-electron chi connectivity index (χ4n) is 2.72. The number of hydrogen-bond donors (Lipinski definition) is 1. The van der Waals surface area contributed by atoms with Crippen molar-refractivity contribution >= 4 is 23.8 Å². The second-order valence-corrected chi connectivity index (χ2v) is 5.84. The van der Waals surface area contributed by atoms with Crippen LogP contribution in [-0.4, -0.2) is 60.9 Å². The van der Waals surface area contributed by atoms with Crippen LogP contribution in [-0.2, 0) is 38.1 Å². The summed E-state index contributed by atoms with van der Waals surface area (Å²) >= 11 is 0. The van der Waals surface area contributed by atoms with E-state index in [2.05, 4.69) is 5.32 Å². The first kappa shape index (κ1) is 21.6. The van der Waals surface area contributed by atoms with Crippen molar-refractivity contribution in [3.63, 3.8) is 0 Å². The minimum absolute atomic E-state index is 0.202. The van der Waals surface area contributed by atoms with E-state index in [1.807, 2.05) is 0 Å². The predicted molar refractivity (Wildman–Crippen MR) is 88.8 cm³/mol. The van der Waals surface area contributed by atoms with E-state index in [4.69, 9.17) is 18.9 Å². The van der Waals surface area contributed by atoms with Crippen LogP contribution in [0.15, 0.2) is 12.2 Å². The summed E-state index contributed by atoms with van der Waals surface area (Å²) in [6.07, 6.45) is -0.259. The Morgan fingerprint density at radius 2 is 1.54 bits per heavy atom. The summed E-state index contributed by atoms with van der Waals surface area (Å²) in [4.78, 5) is 45.9. The Labute approximate surface area is 152 Å². The molecule has 0 spiro atoms. The Hall–Kier alpha value is -2.42. The average molecular weight is 371 g/mol. The Kier molecular flexibility index (Phi) is 8.24. The van der Waals surface area contributed by atoms with Crippen LogP contribution < -0.4 is 5.32 Å². The van der Waals surface area contributed by atoms with Gasteiger partial charge in [0.25, 0.3) is 0 Å². The molecule has 0 saturated carbocycles. The molecule has 26 heavy (non-hydrogen) atoms. The van der Waals surface area contributed by atoms with E-state index in [9.17, 15) is 19.2 Å². The van der Waals surface area contributed by atoms with Gasteiger partial charge in [-0.2, -0.15) is 0 Å². The summed E-state index contributed by atoms with van der Waals surface area (Å²) < 4.78 is 21.5. The zero-order valence-corrected chi connectivity index (χ0v) is 15.5. The molecule has 0 aromatic carbocycles. The molecule has 5 atom stereocenters. The number of ether oxygens (including phenoxy) is 4. The van der Waals surface area contributed by atoms with Crippen molar-refractivity contribution in [2.75, 3.05) is 6.61 Å². The van der Waals surface area contributed by atoms with Gasteiger partial charge in [0.15, 0.2) is 12.2 Å². The van der Waals surface area contributed by atoms with E-state index in [-0.39, 0.29) is 12.5 Å². The first-order valence-electron chi connectivity index (χ1n) is 8.18. The average Bonchev–Trinajstić information content (AvgIpc) is 2.50. The lowest BCUT2D eigenvalue weighted by Crippen LogP contribution is -2.65. The zero-order valence-electron chi connectivity index (χ0n) is 15.5. The minimum Gasteiger partial charge on any atom is -0.463 e. The third kappa shape index (κ3) is 6.47. The number of rotatable bonds is 6. The van der Waals surface area contributed by atoms with E-state index >= 15 is 0 Å². The summed E-state index contributed by atoms with van der Waals surface area (Å²) in [6, 6.07) is -0.787. The highest BCUT2D eigenvalue weighted by atomic mass is 16.6. The van der Waals surface area contributed by atoms with Crippen LogP contribution in [0, 0.1) is 0 Å². The molecule has 146 valence electrons. The lowest BCUT2D eigenvalue weighted by atomic mass is 9.91. The lowest BCUT2D eigenvalue weighted by Gasteiger charge is -2.44. The van der Waals surface area contributed by atoms with E-state index in [1.165, 1.54) is 27.7 Å². The van der Waals surface area contributed by atoms with Crippen molar-refractivity contribution < 1.29 is 38.1 Å².